The highest BCUT2D eigenvalue weighted by Crippen LogP contribution is 2.36. The molecule has 2 aromatic carbocycles. The molecular weight excluding hydrogens is 291 g/mol. The summed E-state index contributed by atoms with van der Waals surface area (Å²) in [6.07, 6.45) is 4.29. The molecule has 0 aliphatic heterocycles. The standard InChI is InChI=1S/C17H18ClFO2/c1-2-3-4-6-12-9-10-16(15(20)11-12)21-17-13(18)7-5-8-14(17)19/h5,7-11,20H,2-4,6H2,1H3. The summed E-state index contributed by atoms with van der Waals surface area (Å²) in [6.45, 7) is 2.15. The summed E-state index contributed by atoms with van der Waals surface area (Å²) in [7, 11) is 0. The molecule has 112 valence electrons. The molecule has 0 aliphatic rings. The van der Waals surface area contributed by atoms with Gasteiger partial charge in [0.1, 0.15) is 0 Å². The van der Waals surface area contributed by atoms with E-state index in [9.17, 15) is 9.50 Å². The molecule has 0 bridgehead atoms. The highest BCUT2D eigenvalue weighted by Gasteiger charge is 2.12. The van der Waals surface area contributed by atoms with E-state index >= 15 is 0 Å². The monoisotopic (exact) mass is 308 g/mol. The first-order valence-corrected chi connectivity index (χ1v) is 7.43. The Morgan fingerprint density at radius 2 is 2.00 bits per heavy atom. The lowest BCUT2D eigenvalue weighted by Gasteiger charge is -2.11. The molecule has 2 nitrogen and oxygen atoms in total. The summed E-state index contributed by atoms with van der Waals surface area (Å²) >= 11 is 5.90. The molecule has 0 spiro atoms. The minimum Gasteiger partial charge on any atom is -0.504 e. The predicted molar refractivity (Wildman–Crippen MR) is 82.8 cm³/mol. The Kier molecular flexibility index (Phi) is 5.45. The van der Waals surface area contributed by atoms with Crippen molar-refractivity contribution in [3.8, 4) is 17.2 Å². The molecule has 0 atom stereocenters. The summed E-state index contributed by atoms with van der Waals surface area (Å²) in [5.74, 6) is -0.452. The number of benzene rings is 2. The number of rotatable bonds is 6. The van der Waals surface area contributed by atoms with E-state index in [1.54, 1.807) is 12.1 Å². The number of para-hydroxylation sites is 1. The van der Waals surface area contributed by atoms with Crippen molar-refractivity contribution in [2.24, 2.45) is 0 Å². The largest absolute Gasteiger partial charge is 0.504 e. The average Bonchev–Trinajstić information content (AvgIpc) is 2.45. The minimum atomic E-state index is -0.561. The first-order chi connectivity index (χ1) is 10.1. The maximum Gasteiger partial charge on any atom is 0.181 e. The SMILES string of the molecule is CCCCCc1ccc(Oc2c(F)cccc2Cl)c(O)c1. The normalized spacial score (nSPS) is 10.6. The summed E-state index contributed by atoms with van der Waals surface area (Å²) in [5, 5.41) is 10.2. The Labute approximate surface area is 129 Å². The van der Waals surface area contributed by atoms with Crippen molar-refractivity contribution in [3.05, 3.63) is 52.8 Å². The van der Waals surface area contributed by atoms with Gasteiger partial charge in [0, 0.05) is 0 Å². The Hall–Kier alpha value is -1.74. The van der Waals surface area contributed by atoms with E-state index in [1.165, 1.54) is 18.2 Å². The molecule has 2 aromatic rings. The van der Waals surface area contributed by atoms with Crippen molar-refractivity contribution in [2.45, 2.75) is 32.6 Å². The molecule has 0 saturated heterocycles. The quantitative estimate of drug-likeness (QED) is 0.693. The van der Waals surface area contributed by atoms with Crippen LogP contribution in [0.2, 0.25) is 5.02 Å². The van der Waals surface area contributed by atoms with Crippen molar-refractivity contribution in [2.75, 3.05) is 0 Å². The van der Waals surface area contributed by atoms with Gasteiger partial charge in [-0.1, -0.05) is 43.5 Å². The molecule has 1 N–H and O–H groups in total. The Bertz CT molecular complexity index is 593. The van der Waals surface area contributed by atoms with Crippen molar-refractivity contribution in [1.29, 1.82) is 0 Å². The van der Waals surface area contributed by atoms with Gasteiger partial charge in [0.15, 0.2) is 23.1 Å². The van der Waals surface area contributed by atoms with Gasteiger partial charge in [-0.05, 0) is 42.7 Å². The molecule has 2 rings (SSSR count). The van der Waals surface area contributed by atoms with Gasteiger partial charge in [0.05, 0.1) is 5.02 Å². The van der Waals surface area contributed by atoms with Crippen LogP contribution in [0.1, 0.15) is 31.7 Å². The van der Waals surface area contributed by atoms with Gasteiger partial charge < -0.3 is 9.84 Å². The molecule has 4 heteroatoms. The van der Waals surface area contributed by atoms with Crippen LogP contribution in [0, 0.1) is 5.82 Å². The smallest absolute Gasteiger partial charge is 0.181 e. The number of halogens is 2. The van der Waals surface area contributed by atoms with E-state index in [0.717, 1.165) is 31.2 Å². The number of unbranched alkanes of at least 4 members (excludes halogenated alkanes) is 2. The third kappa shape index (κ3) is 4.11. The summed E-state index contributed by atoms with van der Waals surface area (Å²) in [6, 6.07) is 9.47. The van der Waals surface area contributed by atoms with E-state index in [4.69, 9.17) is 16.3 Å². The van der Waals surface area contributed by atoms with Gasteiger partial charge in [-0.25, -0.2) is 4.39 Å². The van der Waals surface area contributed by atoms with Crippen molar-refractivity contribution in [3.63, 3.8) is 0 Å². The summed E-state index contributed by atoms with van der Waals surface area (Å²) in [4.78, 5) is 0. The number of aromatic hydroxyl groups is 1. The first kappa shape index (κ1) is 15.6. The number of phenols is 1. The highest BCUT2D eigenvalue weighted by atomic mass is 35.5. The fourth-order valence-electron chi connectivity index (χ4n) is 2.07. The second kappa shape index (κ2) is 7.32. The number of aryl methyl sites for hydroxylation is 1. The third-order valence-corrected chi connectivity index (χ3v) is 3.52. The van der Waals surface area contributed by atoms with Crippen LogP contribution in [0.3, 0.4) is 0 Å². The van der Waals surface area contributed by atoms with Crippen LogP contribution in [0.5, 0.6) is 17.2 Å². The van der Waals surface area contributed by atoms with E-state index < -0.39 is 5.82 Å². The Morgan fingerprint density at radius 3 is 2.67 bits per heavy atom. The zero-order chi connectivity index (χ0) is 15.2. The van der Waals surface area contributed by atoms with Crippen LogP contribution in [-0.4, -0.2) is 5.11 Å². The van der Waals surface area contributed by atoms with E-state index in [2.05, 4.69) is 6.92 Å². The zero-order valence-electron chi connectivity index (χ0n) is 11.9. The predicted octanol–water partition coefficient (Wildman–Crippen LogP) is 5.71. The van der Waals surface area contributed by atoms with Crippen LogP contribution in [0.15, 0.2) is 36.4 Å². The van der Waals surface area contributed by atoms with Crippen molar-refractivity contribution in [1.82, 2.24) is 0 Å². The van der Waals surface area contributed by atoms with Crippen LogP contribution in [0.4, 0.5) is 4.39 Å². The van der Waals surface area contributed by atoms with Gasteiger partial charge in [0.2, 0.25) is 0 Å². The van der Waals surface area contributed by atoms with Gasteiger partial charge in [-0.3, -0.25) is 0 Å². The van der Waals surface area contributed by atoms with Gasteiger partial charge >= 0.3 is 0 Å². The van der Waals surface area contributed by atoms with Crippen LogP contribution < -0.4 is 4.74 Å². The van der Waals surface area contributed by atoms with Crippen molar-refractivity contribution >= 4 is 11.6 Å². The number of phenolic OH excluding ortho intramolecular Hbond substituents is 1. The second-order valence-electron chi connectivity index (χ2n) is 4.91. The molecule has 0 fully saturated rings. The third-order valence-electron chi connectivity index (χ3n) is 3.22. The van der Waals surface area contributed by atoms with Gasteiger partial charge in [0.25, 0.3) is 0 Å². The molecule has 0 heterocycles. The number of ether oxygens (including phenoxy) is 1. The molecular formula is C17H18ClFO2. The minimum absolute atomic E-state index is 0.0108. The zero-order valence-corrected chi connectivity index (χ0v) is 12.7. The first-order valence-electron chi connectivity index (χ1n) is 7.05. The van der Waals surface area contributed by atoms with E-state index in [0.29, 0.717) is 0 Å². The summed E-state index contributed by atoms with van der Waals surface area (Å²) < 4.78 is 19.1. The maximum atomic E-state index is 13.7. The Balaban J connectivity index is 2.14. The van der Waals surface area contributed by atoms with Crippen LogP contribution in [-0.2, 0) is 6.42 Å². The van der Waals surface area contributed by atoms with E-state index in [-0.39, 0.29) is 22.3 Å². The maximum absolute atomic E-state index is 13.7. The molecule has 0 amide bonds. The fourth-order valence-corrected chi connectivity index (χ4v) is 2.28. The summed E-state index contributed by atoms with van der Waals surface area (Å²) in [5.41, 5.74) is 1.04. The van der Waals surface area contributed by atoms with Crippen molar-refractivity contribution < 1.29 is 14.2 Å². The lowest BCUT2D eigenvalue weighted by Crippen LogP contribution is -1.91. The highest BCUT2D eigenvalue weighted by molar-refractivity contribution is 6.32. The lowest BCUT2D eigenvalue weighted by atomic mass is 10.1. The average molecular weight is 309 g/mol. The number of hydrogen-bond acceptors (Lipinski definition) is 2. The molecule has 0 aromatic heterocycles. The molecule has 0 radical (unpaired) electrons. The molecule has 0 aliphatic carbocycles. The van der Waals surface area contributed by atoms with Crippen LogP contribution in [0.25, 0.3) is 0 Å². The fraction of sp³-hybridized carbons (Fsp3) is 0.294. The molecule has 0 saturated carbocycles. The molecule has 0 unspecified atom stereocenters. The van der Waals surface area contributed by atoms with Gasteiger partial charge in [-0.15, -0.1) is 0 Å². The lowest BCUT2D eigenvalue weighted by molar-refractivity contribution is 0.395. The second-order valence-corrected chi connectivity index (χ2v) is 5.32. The molecule has 21 heavy (non-hydrogen) atoms. The van der Waals surface area contributed by atoms with Crippen LogP contribution >= 0.6 is 11.6 Å². The van der Waals surface area contributed by atoms with E-state index in [1.807, 2.05) is 6.07 Å². The van der Waals surface area contributed by atoms with Gasteiger partial charge in [-0.2, -0.15) is 0 Å². The Morgan fingerprint density at radius 1 is 1.19 bits per heavy atom. The topological polar surface area (TPSA) is 29.5 Å². The number of hydrogen-bond donors (Lipinski definition) is 1.